The number of halogens is 2. The lowest BCUT2D eigenvalue weighted by Crippen LogP contribution is -2.33. The summed E-state index contributed by atoms with van der Waals surface area (Å²) < 4.78 is 9.48. The van der Waals surface area contributed by atoms with Crippen LogP contribution >= 0.6 is 23.2 Å². The van der Waals surface area contributed by atoms with Crippen molar-refractivity contribution < 1.29 is 4.42 Å². The molecule has 5 rings (SSSR count). The molecule has 10 nitrogen and oxygen atoms in total. The van der Waals surface area contributed by atoms with Crippen molar-refractivity contribution in [2.24, 2.45) is 0 Å². The smallest absolute Gasteiger partial charge is 0.349 e. The number of nitrogens with zero attached hydrogens (tertiary/aromatic N) is 5. The van der Waals surface area contributed by atoms with Gasteiger partial charge >= 0.3 is 5.69 Å². The van der Waals surface area contributed by atoms with Crippen LogP contribution in [0.2, 0.25) is 10.0 Å². The molecule has 0 spiro atoms. The zero-order valence-electron chi connectivity index (χ0n) is 17.0. The van der Waals surface area contributed by atoms with E-state index in [4.69, 9.17) is 32.9 Å². The number of fused-ring (bicyclic) bond motifs is 1. The van der Waals surface area contributed by atoms with Crippen LogP contribution in [0.1, 0.15) is 11.5 Å². The van der Waals surface area contributed by atoms with Crippen molar-refractivity contribution in [1.29, 1.82) is 5.26 Å². The molecule has 0 unspecified atom stereocenters. The van der Waals surface area contributed by atoms with Crippen molar-refractivity contribution in [3.8, 4) is 17.4 Å². The topological polar surface area (TPSA) is 132 Å². The second-order valence-corrected chi connectivity index (χ2v) is 8.00. The summed E-state index contributed by atoms with van der Waals surface area (Å²) in [5.41, 5.74) is -0.570. The standard InChI is InChI=1S/C22H12Cl2N6O4/c23-14-8-12(30-22(33)26-21(32)16(10-25)27-30)9-15(24)20(14)28-6-5-18-17(28)3-4-19(31)29(18)11-13-2-1-7-34-13/h1-9H,11H2,(H,26,32,33). The van der Waals surface area contributed by atoms with Gasteiger partial charge in [0.1, 0.15) is 11.8 Å². The number of benzene rings is 1. The number of pyridine rings is 1. The fourth-order valence-electron chi connectivity index (χ4n) is 3.66. The minimum atomic E-state index is -0.892. The third-order valence-electron chi connectivity index (χ3n) is 5.16. The predicted molar refractivity (Wildman–Crippen MR) is 124 cm³/mol. The van der Waals surface area contributed by atoms with E-state index in [9.17, 15) is 14.4 Å². The van der Waals surface area contributed by atoms with Crippen LogP contribution in [0.3, 0.4) is 0 Å². The van der Waals surface area contributed by atoms with Gasteiger partial charge in [-0.15, -0.1) is 5.10 Å². The number of rotatable bonds is 4. The molecule has 0 aliphatic heterocycles. The number of furan rings is 1. The van der Waals surface area contributed by atoms with Gasteiger partial charge in [-0.2, -0.15) is 9.94 Å². The summed E-state index contributed by atoms with van der Waals surface area (Å²) in [6.07, 6.45) is 3.25. The minimum absolute atomic E-state index is 0.155. The van der Waals surface area contributed by atoms with E-state index in [1.54, 1.807) is 45.7 Å². The summed E-state index contributed by atoms with van der Waals surface area (Å²) >= 11 is 13.1. The van der Waals surface area contributed by atoms with Gasteiger partial charge in [-0.1, -0.05) is 23.2 Å². The van der Waals surface area contributed by atoms with Gasteiger partial charge in [0.2, 0.25) is 5.69 Å². The maximum atomic E-state index is 12.5. The third kappa shape index (κ3) is 3.53. The summed E-state index contributed by atoms with van der Waals surface area (Å²) in [6, 6.07) is 12.9. The lowest BCUT2D eigenvalue weighted by Gasteiger charge is -2.13. The van der Waals surface area contributed by atoms with Crippen LogP contribution in [0.15, 0.2) is 73.7 Å². The quantitative estimate of drug-likeness (QED) is 0.408. The Kier molecular flexibility index (Phi) is 5.20. The number of aromatic amines is 1. The van der Waals surface area contributed by atoms with E-state index >= 15 is 0 Å². The average molecular weight is 495 g/mol. The monoisotopic (exact) mass is 494 g/mol. The van der Waals surface area contributed by atoms with E-state index < -0.39 is 16.9 Å². The molecule has 0 bridgehead atoms. The molecule has 5 aromatic rings. The Bertz CT molecular complexity index is 1760. The fourth-order valence-corrected chi connectivity index (χ4v) is 4.31. The molecule has 0 aliphatic carbocycles. The molecule has 0 atom stereocenters. The molecular weight excluding hydrogens is 483 g/mol. The van der Waals surface area contributed by atoms with Gasteiger partial charge < -0.3 is 8.98 Å². The highest BCUT2D eigenvalue weighted by Gasteiger charge is 2.17. The van der Waals surface area contributed by atoms with Crippen LogP contribution in [-0.4, -0.2) is 23.9 Å². The highest BCUT2D eigenvalue weighted by Crippen LogP contribution is 2.33. The second-order valence-electron chi connectivity index (χ2n) is 7.18. The lowest BCUT2D eigenvalue weighted by molar-refractivity contribution is 0.493. The lowest BCUT2D eigenvalue weighted by atomic mass is 10.2. The predicted octanol–water partition coefficient (Wildman–Crippen LogP) is 2.85. The Balaban J connectivity index is 1.65. The van der Waals surface area contributed by atoms with E-state index in [1.165, 1.54) is 24.5 Å². The van der Waals surface area contributed by atoms with Crippen molar-refractivity contribution in [1.82, 2.24) is 23.9 Å². The SMILES string of the molecule is N#Cc1nn(-c2cc(Cl)c(-n3ccc4c3ccc(=O)n4Cc3ccco3)c(Cl)c2)c(=O)[nH]c1=O. The minimum Gasteiger partial charge on any atom is -0.467 e. The number of aromatic nitrogens is 5. The summed E-state index contributed by atoms with van der Waals surface area (Å²) in [5, 5.41) is 13.2. The van der Waals surface area contributed by atoms with E-state index in [0.29, 0.717) is 22.5 Å². The van der Waals surface area contributed by atoms with Crippen LogP contribution in [0, 0.1) is 11.3 Å². The van der Waals surface area contributed by atoms with E-state index in [2.05, 4.69) is 5.10 Å². The van der Waals surface area contributed by atoms with Crippen LogP contribution in [0.5, 0.6) is 0 Å². The Morgan fingerprint density at radius 3 is 2.50 bits per heavy atom. The normalized spacial score (nSPS) is 11.1. The summed E-state index contributed by atoms with van der Waals surface area (Å²) in [7, 11) is 0. The maximum absolute atomic E-state index is 12.5. The molecule has 0 radical (unpaired) electrons. The van der Waals surface area contributed by atoms with Gasteiger partial charge in [-0.3, -0.25) is 19.1 Å². The number of nitrogens with one attached hydrogen (secondary N) is 1. The number of hydrogen-bond acceptors (Lipinski definition) is 6. The summed E-state index contributed by atoms with van der Waals surface area (Å²) in [5.74, 6) is 0.623. The molecule has 0 saturated carbocycles. The van der Waals surface area contributed by atoms with Gasteiger partial charge in [-0.05, 0) is 36.4 Å². The van der Waals surface area contributed by atoms with E-state index in [-0.39, 0.29) is 27.8 Å². The van der Waals surface area contributed by atoms with Gasteiger partial charge in [0, 0.05) is 12.3 Å². The Hall–Kier alpha value is -4.33. The Morgan fingerprint density at radius 2 is 1.82 bits per heavy atom. The molecule has 0 aliphatic rings. The van der Waals surface area contributed by atoms with Crippen molar-refractivity contribution in [3.05, 3.63) is 108 Å². The second kappa shape index (κ2) is 8.22. The largest absolute Gasteiger partial charge is 0.467 e. The fraction of sp³-hybridized carbons (Fsp3) is 0.0455. The van der Waals surface area contributed by atoms with Crippen molar-refractivity contribution in [2.75, 3.05) is 0 Å². The van der Waals surface area contributed by atoms with Gasteiger partial charge in [0.05, 0.1) is 45.3 Å². The molecule has 0 saturated heterocycles. The highest BCUT2D eigenvalue weighted by molar-refractivity contribution is 6.38. The van der Waals surface area contributed by atoms with E-state index in [1.807, 2.05) is 4.98 Å². The molecule has 4 aromatic heterocycles. The average Bonchev–Trinajstić information content (AvgIpc) is 3.46. The summed E-state index contributed by atoms with van der Waals surface area (Å²) in [6.45, 7) is 0.246. The van der Waals surface area contributed by atoms with Gasteiger partial charge in [-0.25, -0.2) is 4.79 Å². The van der Waals surface area contributed by atoms with Crippen LogP contribution in [-0.2, 0) is 6.54 Å². The molecule has 34 heavy (non-hydrogen) atoms. The number of hydrogen-bond donors (Lipinski definition) is 1. The molecule has 1 N–H and O–H groups in total. The first-order valence-electron chi connectivity index (χ1n) is 9.74. The van der Waals surface area contributed by atoms with Crippen molar-refractivity contribution in [2.45, 2.75) is 6.54 Å². The van der Waals surface area contributed by atoms with Crippen molar-refractivity contribution in [3.63, 3.8) is 0 Å². The molecule has 4 heterocycles. The van der Waals surface area contributed by atoms with E-state index in [0.717, 1.165) is 4.68 Å². The number of H-pyrrole nitrogens is 1. The zero-order chi connectivity index (χ0) is 24.0. The molecular formula is C22H12Cl2N6O4. The van der Waals surface area contributed by atoms with Crippen LogP contribution < -0.4 is 16.8 Å². The Labute approximate surface area is 199 Å². The molecule has 0 fully saturated rings. The Morgan fingerprint density at radius 1 is 1.06 bits per heavy atom. The highest BCUT2D eigenvalue weighted by atomic mass is 35.5. The first-order chi connectivity index (χ1) is 16.4. The van der Waals surface area contributed by atoms with Crippen LogP contribution in [0.25, 0.3) is 22.4 Å². The molecule has 168 valence electrons. The number of nitriles is 1. The first kappa shape index (κ1) is 21.5. The molecule has 12 heteroatoms. The summed E-state index contributed by atoms with van der Waals surface area (Å²) in [4.78, 5) is 38.4. The van der Waals surface area contributed by atoms with Crippen molar-refractivity contribution >= 4 is 34.2 Å². The zero-order valence-corrected chi connectivity index (χ0v) is 18.5. The van der Waals surface area contributed by atoms with Gasteiger partial charge in [0.15, 0.2) is 0 Å². The van der Waals surface area contributed by atoms with Crippen LogP contribution in [0.4, 0.5) is 0 Å². The van der Waals surface area contributed by atoms with Gasteiger partial charge in [0.25, 0.3) is 11.1 Å². The third-order valence-corrected chi connectivity index (χ3v) is 5.74. The maximum Gasteiger partial charge on any atom is 0.349 e. The first-order valence-corrected chi connectivity index (χ1v) is 10.5. The molecule has 1 aromatic carbocycles. The molecule has 0 amide bonds.